The third-order valence-electron chi connectivity index (χ3n) is 5.38. The van der Waals surface area contributed by atoms with E-state index in [1.165, 1.54) is 30.0 Å². The molecule has 0 amide bonds. The number of nitro benzene ring substituents is 1. The summed E-state index contributed by atoms with van der Waals surface area (Å²) >= 11 is 2.27. The van der Waals surface area contributed by atoms with Gasteiger partial charge in [0.25, 0.3) is 5.69 Å². The summed E-state index contributed by atoms with van der Waals surface area (Å²) < 4.78 is 10.2. The third-order valence-corrected chi connectivity index (χ3v) is 7.75. The number of nitriles is 1. The van der Waals surface area contributed by atoms with Gasteiger partial charge < -0.3 is 9.47 Å². The molecule has 0 unspecified atom stereocenters. The predicted molar refractivity (Wildman–Crippen MR) is 147 cm³/mol. The Bertz CT molecular complexity index is 1490. The molecule has 2 aromatic carbocycles. The van der Waals surface area contributed by atoms with Gasteiger partial charge in [-0.15, -0.1) is 11.3 Å². The molecule has 0 saturated carbocycles. The third kappa shape index (κ3) is 7.19. The minimum absolute atomic E-state index is 0.0891. The molecule has 0 spiro atoms. The molecule has 0 atom stereocenters. The number of allylic oxidation sites excluding steroid dienone is 1. The van der Waals surface area contributed by atoms with Crippen LogP contribution in [-0.4, -0.2) is 35.9 Å². The molecule has 3 rings (SSSR count). The molecule has 0 saturated heterocycles. The second kappa shape index (κ2) is 13.5. The first-order chi connectivity index (χ1) is 18.7. The minimum atomic E-state index is -0.688. The fraction of sp³-hybridized carbons (Fsp3) is 0.214. The second-order valence-electron chi connectivity index (χ2n) is 7.96. The molecule has 0 aliphatic rings. The molecule has 0 bridgehead atoms. The van der Waals surface area contributed by atoms with Crippen molar-refractivity contribution >= 4 is 52.6 Å². The lowest BCUT2D eigenvalue weighted by Gasteiger charge is -2.08. The zero-order valence-electron chi connectivity index (χ0n) is 21.4. The van der Waals surface area contributed by atoms with E-state index in [9.17, 15) is 29.8 Å². The van der Waals surface area contributed by atoms with Crippen LogP contribution in [0.5, 0.6) is 0 Å². The van der Waals surface area contributed by atoms with Crippen LogP contribution in [0.4, 0.5) is 5.69 Å². The van der Waals surface area contributed by atoms with Crippen molar-refractivity contribution in [1.29, 1.82) is 5.26 Å². The van der Waals surface area contributed by atoms with Crippen LogP contribution in [-0.2, 0) is 20.7 Å². The maximum absolute atomic E-state index is 13.3. The van der Waals surface area contributed by atoms with Crippen LogP contribution >= 0.6 is 23.1 Å². The van der Waals surface area contributed by atoms with Crippen molar-refractivity contribution < 1.29 is 28.8 Å². The van der Waals surface area contributed by atoms with Gasteiger partial charge in [0.2, 0.25) is 0 Å². The summed E-state index contributed by atoms with van der Waals surface area (Å²) in [5.41, 5.74) is 0.293. The Hall–Kier alpha value is -4.27. The van der Waals surface area contributed by atoms with Gasteiger partial charge in [0, 0.05) is 33.2 Å². The summed E-state index contributed by atoms with van der Waals surface area (Å²) in [6, 6.07) is 15.4. The number of non-ortho nitro benzene ring substituents is 1. The van der Waals surface area contributed by atoms with Crippen molar-refractivity contribution in [3.8, 4) is 6.07 Å². The summed E-state index contributed by atoms with van der Waals surface area (Å²) in [6.07, 6.45) is 0.950. The average Bonchev–Trinajstić information content (AvgIpc) is 3.24. The van der Waals surface area contributed by atoms with Gasteiger partial charge in [-0.3, -0.25) is 14.9 Å². The molecule has 0 radical (unpaired) electrons. The number of nitro groups is 1. The minimum Gasteiger partial charge on any atom is -0.462 e. The van der Waals surface area contributed by atoms with Crippen molar-refractivity contribution in [3.63, 3.8) is 0 Å². The molecule has 39 heavy (non-hydrogen) atoms. The summed E-state index contributed by atoms with van der Waals surface area (Å²) in [5.74, 6) is -1.94. The van der Waals surface area contributed by atoms with Gasteiger partial charge in [-0.05, 0) is 56.2 Å². The number of ketones is 1. The first-order valence-electron chi connectivity index (χ1n) is 11.8. The van der Waals surface area contributed by atoms with Crippen LogP contribution < -0.4 is 0 Å². The molecule has 1 heterocycles. The average molecular weight is 565 g/mol. The van der Waals surface area contributed by atoms with Crippen LogP contribution in [0, 0.1) is 28.4 Å². The van der Waals surface area contributed by atoms with Crippen molar-refractivity contribution in [2.45, 2.75) is 37.0 Å². The molecule has 0 fully saturated rings. The monoisotopic (exact) mass is 564 g/mol. The van der Waals surface area contributed by atoms with E-state index in [-0.39, 0.29) is 46.2 Å². The molecular weight excluding hydrogens is 540 g/mol. The largest absolute Gasteiger partial charge is 0.462 e. The maximum Gasteiger partial charge on any atom is 0.348 e. The number of hydrogen-bond donors (Lipinski definition) is 0. The van der Waals surface area contributed by atoms with E-state index >= 15 is 0 Å². The molecule has 0 aliphatic carbocycles. The quantitative estimate of drug-likeness (QED) is 0.0877. The number of thiophene rings is 1. The second-order valence-corrected chi connectivity index (χ2v) is 10.2. The zero-order chi connectivity index (χ0) is 28.5. The van der Waals surface area contributed by atoms with Crippen LogP contribution in [0.15, 0.2) is 63.9 Å². The number of carbonyl (C=O) groups excluding carboxylic acids is 3. The summed E-state index contributed by atoms with van der Waals surface area (Å²) in [5, 5.41) is 21.2. The van der Waals surface area contributed by atoms with Crippen LogP contribution in [0.3, 0.4) is 0 Å². The lowest BCUT2D eigenvalue weighted by atomic mass is 10.0. The van der Waals surface area contributed by atoms with Gasteiger partial charge in [-0.2, -0.15) is 5.26 Å². The van der Waals surface area contributed by atoms with E-state index in [0.717, 1.165) is 16.2 Å². The molecule has 3 aromatic rings. The smallest absolute Gasteiger partial charge is 0.348 e. The van der Waals surface area contributed by atoms with E-state index in [4.69, 9.17) is 9.47 Å². The molecule has 1 aromatic heterocycles. The predicted octanol–water partition coefficient (Wildman–Crippen LogP) is 6.19. The van der Waals surface area contributed by atoms with Crippen molar-refractivity contribution in [1.82, 2.24) is 0 Å². The standard InChI is InChI=1S/C28H24N2O7S2/c1-4-36-27(32)25-17(3)26(28(33)37-5-2)39-24(25)15-22(31)19(16-29)13-18-14-20(30(34)35)11-12-23(18)38-21-9-7-6-8-10-21/h6-14H,4-5,15H2,1-3H3. The summed E-state index contributed by atoms with van der Waals surface area (Å²) in [4.78, 5) is 51.2. The summed E-state index contributed by atoms with van der Waals surface area (Å²) in [6.45, 7) is 5.08. The van der Waals surface area contributed by atoms with E-state index in [2.05, 4.69) is 0 Å². The van der Waals surface area contributed by atoms with E-state index in [1.807, 2.05) is 36.4 Å². The number of hydrogen-bond acceptors (Lipinski definition) is 10. The highest BCUT2D eigenvalue weighted by Crippen LogP contribution is 2.35. The van der Waals surface area contributed by atoms with Gasteiger partial charge in [-0.25, -0.2) is 9.59 Å². The Balaban J connectivity index is 2.03. The van der Waals surface area contributed by atoms with Crippen LogP contribution in [0.2, 0.25) is 0 Å². The van der Waals surface area contributed by atoms with Gasteiger partial charge in [0.1, 0.15) is 10.9 Å². The van der Waals surface area contributed by atoms with Gasteiger partial charge in [0.15, 0.2) is 5.78 Å². The Morgan fingerprint density at radius 1 is 1.08 bits per heavy atom. The number of rotatable bonds is 11. The lowest BCUT2D eigenvalue weighted by molar-refractivity contribution is -0.384. The van der Waals surface area contributed by atoms with E-state index in [0.29, 0.717) is 16.0 Å². The van der Waals surface area contributed by atoms with Crippen molar-refractivity contribution in [3.05, 3.63) is 90.7 Å². The van der Waals surface area contributed by atoms with Gasteiger partial charge in [-0.1, -0.05) is 30.0 Å². The fourth-order valence-electron chi connectivity index (χ4n) is 3.60. The van der Waals surface area contributed by atoms with Gasteiger partial charge in [0.05, 0.1) is 29.3 Å². The normalized spacial score (nSPS) is 11.0. The Morgan fingerprint density at radius 3 is 2.36 bits per heavy atom. The molecule has 200 valence electrons. The Labute approximate surface area is 233 Å². The summed E-state index contributed by atoms with van der Waals surface area (Å²) in [7, 11) is 0. The number of benzene rings is 2. The Morgan fingerprint density at radius 2 is 1.74 bits per heavy atom. The van der Waals surface area contributed by atoms with Crippen molar-refractivity contribution in [2.24, 2.45) is 0 Å². The van der Waals surface area contributed by atoms with Crippen molar-refractivity contribution in [2.75, 3.05) is 13.2 Å². The molecule has 0 N–H and O–H groups in total. The highest BCUT2D eigenvalue weighted by atomic mass is 32.2. The van der Waals surface area contributed by atoms with E-state index < -0.39 is 22.6 Å². The first-order valence-corrected chi connectivity index (χ1v) is 13.5. The number of ether oxygens (including phenoxy) is 2. The van der Waals surface area contributed by atoms with Crippen LogP contribution in [0.25, 0.3) is 6.08 Å². The van der Waals surface area contributed by atoms with Crippen LogP contribution in [0.1, 0.15) is 49.9 Å². The number of Topliss-reactive ketones (excluding diaryl/α,β-unsaturated/α-hetero) is 1. The highest BCUT2D eigenvalue weighted by molar-refractivity contribution is 7.99. The van der Waals surface area contributed by atoms with E-state index in [1.54, 1.807) is 26.8 Å². The first kappa shape index (κ1) is 29.3. The topological polar surface area (TPSA) is 137 Å². The molecular formula is C28H24N2O7S2. The fourth-order valence-corrected chi connectivity index (χ4v) is 5.71. The number of esters is 2. The zero-order valence-corrected chi connectivity index (χ0v) is 23.0. The molecule has 0 aliphatic heterocycles. The molecule has 11 heteroatoms. The maximum atomic E-state index is 13.3. The highest BCUT2D eigenvalue weighted by Gasteiger charge is 2.28. The Kier molecular flexibility index (Phi) is 10.1. The lowest BCUT2D eigenvalue weighted by Crippen LogP contribution is -2.12. The number of carbonyl (C=O) groups is 3. The SMILES string of the molecule is CCOC(=O)c1sc(CC(=O)C(C#N)=Cc2cc([N+](=O)[O-])ccc2Sc2ccccc2)c(C(=O)OCC)c1C. The molecule has 9 nitrogen and oxygen atoms in total. The number of nitrogens with zero attached hydrogens (tertiary/aromatic N) is 2. The van der Waals surface area contributed by atoms with Gasteiger partial charge >= 0.3 is 11.9 Å².